The molecule has 3 aromatic rings. The Labute approximate surface area is 116 Å². The van der Waals surface area contributed by atoms with Crippen LogP contribution in [0, 0.1) is 0 Å². The quantitative estimate of drug-likeness (QED) is 0.678. The minimum Gasteiger partial charge on any atom is -0.219 e. The number of aromatic nitrogens is 3. The van der Waals surface area contributed by atoms with Crippen LogP contribution < -0.4 is 0 Å². The highest BCUT2D eigenvalue weighted by Crippen LogP contribution is 2.36. The van der Waals surface area contributed by atoms with Crippen LogP contribution in [0.2, 0.25) is 5.02 Å². The molecule has 3 rings (SSSR count). The number of alkyl halides is 3. The molecular formula is C13H7ClF3N3. The van der Waals surface area contributed by atoms with Crippen LogP contribution in [0.5, 0.6) is 0 Å². The maximum Gasteiger partial charge on any atom is 0.417 e. The zero-order valence-electron chi connectivity index (χ0n) is 9.89. The number of benzene rings is 1. The average Bonchev–Trinajstić information content (AvgIpc) is 2.83. The van der Waals surface area contributed by atoms with Crippen LogP contribution in [0.25, 0.3) is 17.0 Å². The van der Waals surface area contributed by atoms with E-state index in [1.54, 1.807) is 18.3 Å². The van der Waals surface area contributed by atoms with E-state index in [1.807, 2.05) is 0 Å². The first kappa shape index (κ1) is 12.9. The average molecular weight is 298 g/mol. The third-order valence-electron chi connectivity index (χ3n) is 2.79. The number of fused-ring (bicyclic) bond motifs is 1. The van der Waals surface area contributed by atoms with Crippen LogP contribution in [0.3, 0.4) is 0 Å². The van der Waals surface area contributed by atoms with Gasteiger partial charge < -0.3 is 0 Å². The molecule has 0 amide bonds. The van der Waals surface area contributed by atoms with E-state index in [1.165, 1.54) is 22.7 Å². The zero-order chi connectivity index (χ0) is 14.3. The van der Waals surface area contributed by atoms with Gasteiger partial charge in [0, 0.05) is 11.8 Å². The lowest BCUT2D eigenvalue weighted by molar-refractivity contribution is -0.137. The lowest BCUT2D eigenvalue weighted by Gasteiger charge is -2.09. The number of rotatable bonds is 1. The van der Waals surface area contributed by atoms with Gasteiger partial charge in [0.05, 0.1) is 10.6 Å². The molecule has 0 aliphatic rings. The van der Waals surface area contributed by atoms with Crippen LogP contribution >= 0.6 is 11.6 Å². The highest BCUT2D eigenvalue weighted by Gasteiger charge is 2.34. The second kappa shape index (κ2) is 4.49. The fourth-order valence-corrected chi connectivity index (χ4v) is 2.11. The van der Waals surface area contributed by atoms with Gasteiger partial charge in [0.1, 0.15) is 0 Å². The molecule has 3 nitrogen and oxygen atoms in total. The minimum atomic E-state index is -4.46. The summed E-state index contributed by atoms with van der Waals surface area (Å²) >= 11 is 5.94. The lowest BCUT2D eigenvalue weighted by atomic mass is 10.1. The SMILES string of the molecule is FC(F)(F)c1ccccc1-c1nc2c(Cl)cccn2n1. The van der Waals surface area contributed by atoms with E-state index in [2.05, 4.69) is 10.1 Å². The molecule has 102 valence electrons. The van der Waals surface area contributed by atoms with Gasteiger partial charge in [0.25, 0.3) is 0 Å². The monoisotopic (exact) mass is 297 g/mol. The second-order valence-corrected chi connectivity index (χ2v) is 4.51. The molecule has 0 saturated carbocycles. The van der Waals surface area contributed by atoms with Gasteiger partial charge in [-0.2, -0.15) is 13.2 Å². The van der Waals surface area contributed by atoms with Crippen molar-refractivity contribution < 1.29 is 13.2 Å². The molecule has 0 bridgehead atoms. The molecule has 1 aromatic carbocycles. The molecule has 0 radical (unpaired) electrons. The van der Waals surface area contributed by atoms with Crippen molar-refractivity contribution in [3.63, 3.8) is 0 Å². The van der Waals surface area contributed by atoms with Gasteiger partial charge in [-0.25, -0.2) is 9.50 Å². The van der Waals surface area contributed by atoms with Crippen molar-refractivity contribution >= 4 is 17.2 Å². The molecule has 0 atom stereocenters. The molecule has 0 saturated heterocycles. The molecular weight excluding hydrogens is 291 g/mol. The van der Waals surface area contributed by atoms with E-state index in [9.17, 15) is 13.2 Å². The third kappa shape index (κ3) is 2.12. The van der Waals surface area contributed by atoms with Crippen molar-refractivity contribution in [1.82, 2.24) is 14.6 Å². The summed E-state index contributed by atoms with van der Waals surface area (Å²) in [4.78, 5) is 4.08. The van der Waals surface area contributed by atoms with E-state index >= 15 is 0 Å². The summed E-state index contributed by atoms with van der Waals surface area (Å²) in [6.07, 6.45) is -2.88. The van der Waals surface area contributed by atoms with Gasteiger partial charge in [-0.05, 0) is 18.2 Å². The molecule has 20 heavy (non-hydrogen) atoms. The van der Waals surface area contributed by atoms with Crippen LogP contribution in [-0.2, 0) is 6.18 Å². The molecule has 2 heterocycles. The van der Waals surface area contributed by atoms with Crippen LogP contribution in [0.1, 0.15) is 5.56 Å². The number of hydrogen-bond acceptors (Lipinski definition) is 2. The summed E-state index contributed by atoms with van der Waals surface area (Å²) in [5.41, 5.74) is -0.520. The molecule has 0 fully saturated rings. The van der Waals surface area contributed by atoms with Crippen molar-refractivity contribution in [3.05, 3.63) is 53.2 Å². The topological polar surface area (TPSA) is 30.2 Å². The summed E-state index contributed by atoms with van der Waals surface area (Å²) in [6, 6.07) is 8.43. The molecule has 2 aromatic heterocycles. The first-order chi connectivity index (χ1) is 9.47. The normalized spacial score (nSPS) is 12.0. The third-order valence-corrected chi connectivity index (χ3v) is 3.08. The Bertz CT molecular complexity index is 780. The van der Waals surface area contributed by atoms with Gasteiger partial charge in [0.15, 0.2) is 11.5 Å². The van der Waals surface area contributed by atoms with Gasteiger partial charge in [0.2, 0.25) is 0 Å². The minimum absolute atomic E-state index is 0.00831. The van der Waals surface area contributed by atoms with Crippen molar-refractivity contribution in [1.29, 1.82) is 0 Å². The van der Waals surface area contributed by atoms with Gasteiger partial charge in [-0.3, -0.25) is 0 Å². The van der Waals surface area contributed by atoms with Crippen molar-refractivity contribution in [2.45, 2.75) is 6.18 Å². The highest BCUT2D eigenvalue weighted by molar-refractivity contribution is 6.33. The summed E-state index contributed by atoms with van der Waals surface area (Å²) in [7, 11) is 0. The first-order valence-corrected chi connectivity index (χ1v) is 6.02. The largest absolute Gasteiger partial charge is 0.417 e. The number of halogens is 4. The van der Waals surface area contributed by atoms with E-state index in [0.717, 1.165) is 6.07 Å². The fourth-order valence-electron chi connectivity index (χ4n) is 1.91. The summed E-state index contributed by atoms with van der Waals surface area (Å²) in [6.45, 7) is 0. The molecule has 0 unspecified atom stereocenters. The lowest BCUT2D eigenvalue weighted by Crippen LogP contribution is -2.07. The van der Waals surface area contributed by atoms with Crippen molar-refractivity contribution in [3.8, 4) is 11.4 Å². The second-order valence-electron chi connectivity index (χ2n) is 4.10. The predicted molar refractivity (Wildman–Crippen MR) is 68.4 cm³/mol. The smallest absolute Gasteiger partial charge is 0.219 e. The number of nitrogens with zero attached hydrogens (tertiary/aromatic N) is 3. The van der Waals surface area contributed by atoms with Crippen LogP contribution in [0.4, 0.5) is 13.2 Å². The van der Waals surface area contributed by atoms with Crippen LogP contribution in [-0.4, -0.2) is 14.6 Å². The van der Waals surface area contributed by atoms with Gasteiger partial charge in [-0.15, -0.1) is 5.10 Å². The Morgan fingerprint density at radius 1 is 1.05 bits per heavy atom. The van der Waals surface area contributed by atoms with Gasteiger partial charge >= 0.3 is 6.18 Å². The molecule has 0 N–H and O–H groups in total. The highest BCUT2D eigenvalue weighted by atomic mass is 35.5. The molecule has 0 aliphatic carbocycles. The van der Waals surface area contributed by atoms with Crippen molar-refractivity contribution in [2.75, 3.05) is 0 Å². The van der Waals surface area contributed by atoms with E-state index in [4.69, 9.17) is 11.6 Å². The number of pyridine rings is 1. The van der Waals surface area contributed by atoms with Gasteiger partial charge in [-0.1, -0.05) is 29.8 Å². The molecule has 7 heteroatoms. The Morgan fingerprint density at radius 3 is 2.50 bits per heavy atom. The summed E-state index contributed by atoms with van der Waals surface area (Å²) in [5.74, 6) is -0.00831. The van der Waals surface area contributed by atoms with E-state index in [-0.39, 0.29) is 11.4 Å². The maximum atomic E-state index is 13.0. The zero-order valence-corrected chi connectivity index (χ0v) is 10.7. The standard InChI is InChI=1S/C13H7ClF3N3/c14-10-6-3-7-20-12(10)18-11(19-20)8-4-1-2-5-9(8)13(15,16)17/h1-7H. The molecule has 0 aliphatic heterocycles. The van der Waals surface area contributed by atoms with Crippen molar-refractivity contribution in [2.24, 2.45) is 0 Å². The maximum absolute atomic E-state index is 13.0. The Morgan fingerprint density at radius 2 is 1.80 bits per heavy atom. The number of hydrogen-bond donors (Lipinski definition) is 0. The summed E-state index contributed by atoms with van der Waals surface area (Å²) < 4.78 is 40.3. The van der Waals surface area contributed by atoms with Crippen LogP contribution in [0.15, 0.2) is 42.6 Å². The Kier molecular flexibility index (Phi) is 2.90. The Hall–Kier alpha value is -2.08. The predicted octanol–water partition coefficient (Wildman–Crippen LogP) is 4.07. The first-order valence-electron chi connectivity index (χ1n) is 5.64. The molecule has 0 spiro atoms. The Balaban J connectivity index is 2.24. The van der Waals surface area contributed by atoms with E-state index in [0.29, 0.717) is 10.7 Å². The summed E-state index contributed by atoms with van der Waals surface area (Å²) in [5, 5.41) is 4.37. The van der Waals surface area contributed by atoms with E-state index < -0.39 is 11.7 Å². The fraction of sp³-hybridized carbons (Fsp3) is 0.0769.